The Morgan fingerprint density at radius 1 is 1.44 bits per heavy atom. The van der Waals surface area contributed by atoms with Crippen molar-refractivity contribution < 1.29 is 14.6 Å². The van der Waals surface area contributed by atoms with Crippen molar-refractivity contribution in [3.63, 3.8) is 0 Å². The molecular formula is C14H20O3S. The molecule has 1 rings (SSSR count). The van der Waals surface area contributed by atoms with Gasteiger partial charge in [0, 0.05) is 5.25 Å². The molecule has 1 aromatic rings. The van der Waals surface area contributed by atoms with Crippen molar-refractivity contribution in [2.75, 3.05) is 12.4 Å². The number of para-hydroxylation sites is 1. The summed E-state index contributed by atoms with van der Waals surface area (Å²) in [5.74, 6) is 0.558. The van der Waals surface area contributed by atoms with E-state index in [1.165, 1.54) is 6.42 Å². The predicted octanol–water partition coefficient (Wildman–Crippen LogP) is 3.69. The number of benzene rings is 1. The quantitative estimate of drug-likeness (QED) is 0.730. The van der Waals surface area contributed by atoms with Crippen LogP contribution in [0, 0.1) is 0 Å². The molecule has 0 aliphatic carbocycles. The first-order valence-electron chi connectivity index (χ1n) is 6.21. The van der Waals surface area contributed by atoms with Gasteiger partial charge in [-0.05, 0) is 30.7 Å². The highest BCUT2D eigenvalue weighted by Gasteiger charge is 2.09. The standard InChI is InChI=1S/C14H20O3S/c1-3-11(2)18-10-6-9-17-13-8-5-4-7-12(13)14(15)16/h4-5,7-8,11H,3,6,9-10H2,1-2H3,(H,15,16). The van der Waals surface area contributed by atoms with E-state index in [0.717, 1.165) is 12.2 Å². The van der Waals surface area contributed by atoms with Gasteiger partial charge in [0.25, 0.3) is 0 Å². The smallest absolute Gasteiger partial charge is 0.339 e. The molecule has 0 heterocycles. The van der Waals surface area contributed by atoms with Crippen molar-refractivity contribution in [2.24, 2.45) is 0 Å². The minimum Gasteiger partial charge on any atom is -0.493 e. The number of thioether (sulfide) groups is 1. The molecule has 1 aromatic carbocycles. The molecule has 0 saturated heterocycles. The van der Waals surface area contributed by atoms with Gasteiger partial charge >= 0.3 is 5.97 Å². The second-order valence-electron chi connectivity index (χ2n) is 4.09. The van der Waals surface area contributed by atoms with Crippen LogP contribution in [0.25, 0.3) is 0 Å². The summed E-state index contributed by atoms with van der Waals surface area (Å²) in [5.41, 5.74) is 0.229. The molecule has 1 atom stereocenters. The third kappa shape index (κ3) is 5.00. The van der Waals surface area contributed by atoms with Crippen LogP contribution in [0.2, 0.25) is 0 Å². The summed E-state index contributed by atoms with van der Waals surface area (Å²) in [6, 6.07) is 6.75. The third-order valence-electron chi connectivity index (χ3n) is 2.64. The zero-order valence-corrected chi connectivity index (χ0v) is 11.7. The summed E-state index contributed by atoms with van der Waals surface area (Å²) >= 11 is 1.93. The minimum absolute atomic E-state index is 0.229. The summed E-state index contributed by atoms with van der Waals surface area (Å²) in [6.45, 7) is 4.95. The number of ether oxygens (including phenoxy) is 1. The fourth-order valence-corrected chi connectivity index (χ4v) is 2.34. The maximum Gasteiger partial charge on any atom is 0.339 e. The number of hydrogen-bond acceptors (Lipinski definition) is 3. The highest BCUT2D eigenvalue weighted by Crippen LogP contribution is 2.19. The first kappa shape index (κ1) is 14.9. The van der Waals surface area contributed by atoms with Gasteiger partial charge in [-0.15, -0.1) is 0 Å². The Bertz CT molecular complexity index is 379. The Kier molecular flexibility index (Phi) is 6.65. The molecule has 4 heteroatoms. The highest BCUT2D eigenvalue weighted by molar-refractivity contribution is 7.99. The van der Waals surface area contributed by atoms with Crippen molar-refractivity contribution >= 4 is 17.7 Å². The van der Waals surface area contributed by atoms with Gasteiger partial charge in [-0.1, -0.05) is 26.0 Å². The van der Waals surface area contributed by atoms with Crippen LogP contribution in [0.5, 0.6) is 5.75 Å². The SMILES string of the molecule is CCC(C)SCCCOc1ccccc1C(=O)O. The van der Waals surface area contributed by atoms with E-state index >= 15 is 0 Å². The molecule has 1 unspecified atom stereocenters. The van der Waals surface area contributed by atoms with Crippen LogP contribution in [-0.2, 0) is 0 Å². The Morgan fingerprint density at radius 3 is 2.83 bits per heavy atom. The number of carboxylic acid groups (broad SMARTS) is 1. The Hall–Kier alpha value is -1.16. The Morgan fingerprint density at radius 2 is 2.17 bits per heavy atom. The van der Waals surface area contributed by atoms with Gasteiger partial charge in [0.15, 0.2) is 0 Å². The van der Waals surface area contributed by atoms with Crippen molar-refractivity contribution in [3.8, 4) is 5.75 Å². The monoisotopic (exact) mass is 268 g/mol. The predicted molar refractivity (Wildman–Crippen MR) is 75.7 cm³/mol. The van der Waals surface area contributed by atoms with Crippen LogP contribution >= 0.6 is 11.8 Å². The molecule has 1 N–H and O–H groups in total. The topological polar surface area (TPSA) is 46.5 Å². The molecular weight excluding hydrogens is 248 g/mol. The highest BCUT2D eigenvalue weighted by atomic mass is 32.2. The normalized spacial score (nSPS) is 12.1. The maximum absolute atomic E-state index is 11.0. The summed E-state index contributed by atoms with van der Waals surface area (Å²) in [4.78, 5) is 11.0. The van der Waals surface area contributed by atoms with Gasteiger partial charge in [0.2, 0.25) is 0 Å². The summed E-state index contributed by atoms with van der Waals surface area (Å²) in [6.07, 6.45) is 2.11. The molecule has 0 aliphatic heterocycles. The van der Waals surface area contributed by atoms with Crippen LogP contribution in [0.3, 0.4) is 0 Å². The zero-order valence-electron chi connectivity index (χ0n) is 10.9. The van der Waals surface area contributed by atoms with Crippen molar-refractivity contribution in [3.05, 3.63) is 29.8 Å². The molecule has 0 amide bonds. The molecule has 3 nitrogen and oxygen atoms in total. The van der Waals surface area contributed by atoms with E-state index in [-0.39, 0.29) is 5.56 Å². The zero-order chi connectivity index (χ0) is 13.4. The van der Waals surface area contributed by atoms with Gasteiger partial charge in [-0.3, -0.25) is 0 Å². The van der Waals surface area contributed by atoms with E-state index in [4.69, 9.17) is 9.84 Å². The van der Waals surface area contributed by atoms with Crippen LogP contribution in [-0.4, -0.2) is 28.7 Å². The summed E-state index contributed by atoms with van der Waals surface area (Å²) in [7, 11) is 0. The first-order valence-corrected chi connectivity index (χ1v) is 7.26. The molecule has 18 heavy (non-hydrogen) atoms. The van der Waals surface area contributed by atoms with E-state index < -0.39 is 5.97 Å². The summed E-state index contributed by atoms with van der Waals surface area (Å²) < 4.78 is 5.52. The molecule has 0 saturated carbocycles. The molecule has 0 fully saturated rings. The average Bonchev–Trinajstić information content (AvgIpc) is 2.38. The van der Waals surface area contributed by atoms with Gasteiger partial charge in [-0.25, -0.2) is 4.79 Å². The first-order chi connectivity index (χ1) is 8.65. The lowest BCUT2D eigenvalue weighted by atomic mass is 10.2. The van der Waals surface area contributed by atoms with E-state index in [2.05, 4.69) is 13.8 Å². The maximum atomic E-state index is 11.0. The largest absolute Gasteiger partial charge is 0.493 e. The molecule has 0 radical (unpaired) electrons. The van der Waals surface area contributed by atoms with E-state index in [1.807, 2.05) is 11.8 Å². The lowest BCUT2D eigenvalue weighted by molar-refractivity contribution is 0.0692. The molecule has 100 valence electrons. The summed E-state index contributed by atoms with van der Waals surface area (Å²) in [5, 5.41) is 9.67. The number of carbonyl (C=O) groups is 1. The lowest BCUT2D eigenvalue weighted by Crippen LogP contribution is -2.05. The fraction of sp³-hybridized carbons (Fsp3) is 0.500. The van der Waals surface area contributed by atoms with Gasteiger partial charge < -0.3 is 9.84 Å². The number of hydrogen-bond donors (Lipinski definition) is 1. The van der Waals surface area contributed by atoms with Gasteiger partial charge in [-0.2, -0.15) is 11.8 Å². The molecule has 0 aromatic heterocycles. The van der Waals surface area contributed by atoms with Crippen molar-refractivity contribution in [2.45, 2.75) is 31.9 Å². The average molecular weight is 268 g/mol. The Balaban J connectivity index is 2.33. The molecule has 0 spiro atoms. The number of carboxylic acids is 1. The molecule has 0 aliphatic rings. The van der Waals surface area contributed by atoms with Crippen LogP contribution < -0.4 is 4.74 Å². The minimum atomic E-state index is -0.945. The van der Waals surface area contributed by atoms with Gasteiger partial charge in [0.05, 0.1) is 6.61 Å². The Labute approximate surface area is 113 Å². The van der Waals surface area contributed by atoms with Crippen molar-refractivity contribution in [1.82, 2.24) is 0 Å². The van der Waals surface area contributed by atoms with Crippen LogP contribution in [0.4, 0.5) is 0 Å². The van der Waals surface area contributed by atoms with E-state index in [0.29, 0.717) is 17.6 Å². The lowest BCUT2D eigenvalue weighted by Gasteiger charge is -2.10. The van der Waals surface area contributed by atoms with Crippen LogP contribution in [0.1, 0.15) is 37.0 Å². The third-order valence-corrected chi connectivity index (χ3v) is 4.07. The van der Waals surface area contributed by atoms with E-state index in [9.17, 15) is 4.79 Å². The number of rotatable bonds is 8. The second-order valence-corrected chi connectivity index (χ2v) is 5.64. The molecule has 0 bridgehead atoms. The van der Waals surface area contributed by atoms with Crippen LogP contribution in [0.15, 0.2) is 24.3 Å². The second kappa shape index (κ2) is 8.03. The van der Waals surface area contributed by atoms with E-state index in [1.54, 1.807) is 24.3 Å². The fourth-order valence-electron chi connectivity index (χ4n) is 1.41. The number of aromatic carboxylic acids is 1. The van der Waals surface area contributed by atoms with Gasteiger partial charge in [0.1, 0.15) is 11.3 Å². The van der Waals surface area contributed by atoms with Crippen molar-refractivity contribution in [1.29, 1.82) is 0 Å².